The number of nitrogens with zero attached hydrogens (tertiary/aromatic N) is 5. The second-order valence-corrected chi connectivity index (χ2v) is 7.66. The van der Waals surface area contributed by atoms with E-state index in [0.29, 0.717) is 11.1 Å². The van der Waals surface area contributed by atoms with Crippen molar-refractivity contribution in [2.45, 2.75) is 25.0 Å². The van der Waals surface area contributed by atoms with Crippen LogP contribution in [-0.4, -0.2) is 24.9 Å². The molecule has 0 amide bonds. The maximum atomic E-state index is 14.8. The van der Waals surface area contributed by atoms with Gasteiger partial charge in [0.1, 0.15) is 29.9 Å². The van der Waals surface area contributed by atoms with E-state index in [2.05, 4.69) is 19.9 Å². The van der Waals surface area contributed by atoms with Crippen LogP contribution in [-0.2, 0) is 12.1 Å². The molecule has 0 aliphatic carbocycles. The molecule has 0 bridgehead atoms. The van der Waals surface area contributed by atoms with Gasteiger partial charge in [0, 0.05) is 25.7 Å². The Kier molecular flexibility index (Phi) is 4.37. The van der Waals surface area contributed by atoms with Crippen LogP contribution in [0.25, 0.3) is 16.1 Å². The fraction of sp³-hybridized carbons (Fsp3) is 0.182. The molecule has 4 aromatic rings. The van der Waals surface area contributed by atoms with Gasteiger partial charge < -0.3 is 5.11 Å². The Bertz CT molecular complexity index is 1430. The molecule has 2 aromatic heterocycles. The molecule has 31 heavy (non-hydrogen) atoms. The Morgan fingerprint density at radius 3 is 2.74 bits per heavy atom. The molecule has 156 valence electrons. The van der Waals surface area contributed by atoms with Crippen molar-refractivity contribution in [2.75, 3.05) is 0 Å². The smallest absolute Gasteiger partial charge is 0.187 e. The van der Waals surface area contributed by atoms with Crippen molar-refractivity contribution < 1.29 is 19.4 Å². The van der Waals surface area contributed by atoms with Crippen molar-refractivity contribution in [3.05, 3.63) is 94.0 Å². The lowest BCUT2D eigenvalue weighted by atomic mass is 9.82. The molecule has 0 aliphatic rings. The Balaban J connectivity index is 1.82. The molecule has 0 radical (unpaired) electrons. The Morgan fingerprint density at radius 2 is 2.10 bits per heavy atom. The van der Waals surface area contributed by atoms with E-state index in [1.165, 1.54) is 22.7 Å². The quantitative estimate of drug-likeness (QED) is 0.431. The summed E-state index contributed by atoms with van der Waals surface area (Å²) in [6.45, 7) is 8.49. The van der Waals surface area contributed by atoms with Gasteiger partial charge >= 0.3 is 0 Å². The van der Waals surface area contributed by atoms with Gasteiger partial charge in [0.15, 0.2) is 5.69 Å². The zero-order valence-corrected chi connectivity index (χ0v) is 16.9. The summed E-state index contributed by atoms with van der Waals surface area (Å²) >= 11 is 1.07. The molecule has 2 atom stereocenters. The number of rotatable bonds is 6. The number of thiazole rings is 1. The van der Waals surface area contributed by atoms with Crippen LogP contribution in [0.1, 0.15) is 28.9 Å². The standard InChI is InChI=1S/C22H17F2N5OS/c1-14(21-28-20(10-31-21)15-3-6-17(25-2)7-4-15)22(30,11-29-13-26-12-27-29)18-8-5-16(23)9-19(18)24/h3-10,12-14,30H,11H2,1H3/t14-,22+/m0/s1/i3D,4D,6D,7D. The van der Waals surface area contributed by atoms with Crippen molar-refractivity contribution in [3.63, 3.8) is 0 Å². The van der Waals surface area contributed by atoms with Crippen LogP contribution in [0.4, 0.5) is 14.5 Å². The van der Waals surface area contributed by atoms with E-state index >= 15 is 0 Å². The highest BCUT2D eigenvalue weighted by atomic mass is 32.1. The Morgan fingerprint density at radius 1 is 1.32 bits per heavy atom. The van der Waals surface area contributed by atoms with E-state index in [1.807, 2.05) is 0 Å². The van der Waals surface area contributed by atoms with Crippen LogP contribution in [0, 0.1) is 18.2 Å². The van der Waals surface area contributed by atoms with E-state index < -0.39 is 47.3 Å². The molecular formula is C22H17F2N5OS. The van der Waals surface area contributed by atoms with Crippen LogP contribution < -0.4 is 0 Å². The van der Waals surface area contributed by atoms with Gasteiger partial charge in [-0.25, -0.2) is 28.3 Å². The molecule has 0 saturated heterocycles. The van der Waals surface area contributed by atoms with Crippen molar-refractivity contribution in [3.8, 4) is 11.3 Å². The molecule has 0 aliphatic heterocycles. The van der Waals surface area contributed by atoms with Gasteiger partial charge in [-0.05, 0) is 11.6 Å². The normalized spacial score (nSPS) is 15.8. The maximum absolute atomic E-state index is 14.8. The summed E-state index contributed by atoms with van der Waals surface area (Å²) in [5, 5.41) is 17.5. The van der Waals surface area contributed by atoms with Gasteiger partial charge in [0.2, 0.25) is 0 Å². The van der Waals surface area contributed by atoms with Gasteiger partial charge in [-0.15, -0.1) is 11.3 Å². The highest BCUT2D eigenvalue weighted by Crippen LogP contribution is 2.41. The minimum absolute atomic E-state index is 0.0881. The highest BCUT2D eigenvalue weighted by Gasteiger charge is 2.41. The van der Waals surface area contributed by atoms with Gasteiger partial charge in [0.25, 0.3) is 0 Å². The fourth-order valence-corrected chi connectivity index (χ4v) is 4.11. The molecule has 2 heterocycles. The first-order valence-electron chi connectivity index (χ1n) is 11.0. The second-order valence-electron chi connectivity index (χ2n) is 6.77. The fourth-order valence-electron chi connectivity index (χ4n) is 3.15. The summed E-state index contributed by atoms with van der Waals surface area (Å²) in [5.41, 5.74) is -2.47. The summed E-state index contributed by atoms with van der Waals surface area (Å²) in [7, 11) is 0. The van der Waals surface area contributed by atoms with Crippen LogP contribution in [0.2, 0.25) is 0 Å². The molecule has 0 unspecified atom stereocenters. The molecule has 0 spiro atoms. The first kappa shape index (κ1) is 16.2. The molecule has 6 nitrogen and oxygen atoms in total. The van der Waals surface area contributed by atoms with Crippen molar-refractivity contribution in [1.82, 2.24) is 19.7 Å². The Labute approximate surface area is 186 Å². The largest absolute Gasteiger partial charge is 0.382 e. The predicted molar refractivity (Wildman–Crippen MR) is 113 cm³/mol. The molecule has 0 fully saturated rings. The zero-order chi connectivity index (χ0) is 25.5. The summed E-state index contributed by atoms with van der Waals surface area (Å²) in [4.78, 5) is 11.4. The first-order chi connectivity index (χ1) is 16.6. The predicted octanol–water partition coefficient (Wildman–Crippen LogP) is 4.92. The number of aliphatic hydroxyl groups is 1. The van der Waals surface area contributed by atoms with Crippen molar-refractivity contribution >= 4 is 17.0 Å². The number of hydrogen-bond donors (Lipinski definition) is 1. The van der Waals surface area contributed by atoms with Crippen LogP contribution in [0.5, 0.6) is 0 Å². The Hall–Kier alpha value is -3.48. The number of halogens is 2. The van der Waals surface area contributed by atoms with Crippen molar-refractivity contribution in [1.29, 1.82) is 0 Å². The average Bonchev–Trinajstić information content (AvgIpc) is 3.50. The number of aromatic nitrogens is 4. The van der Waals surface area contributed by atoms with E-state index in [-0.39, 0.29) is 29.1 Å². The zero-order valence-electron chi connectivity index (χ0n) is 20.1. The summed E-state index contributed by atoms with van der Waals surface area (Å²) in [5.74, 6) is -2.63. The third-order valence-corrected chi connectivity index (χ3v) is 5.88. The van der Waals surface area contributed by atoms with Gasteiger partial charge in [-0.3, -0.25) is 0 Å². The maximum Gasteiger partial charge on any atom is 0.187 e. The third-order valence-electron chi connectivity index (χ3n) is 4.86. The first-order valence-corrected chi connectivity index (χ1v) is 9.90. The molecular weight excluding hydrogens is 420 g/mol. The molecule has 2 aromatic carbocycles. The number of hydrogen-bond acceptors (Lipinski definition) is 5. The van der Waals surface area contributed by atoms with Crippen LogP contribution in [0.15, 0.2) is 60.4 Å². The molecule has 9 heteroatoms. The van der Waals surface area contributed by atoms with Crippen molar-refractivity contribution in [2.24, 2.45) is 0 Å². The molecule has 4 rings (SSSR count). The van der Waals surface area contributed by atoms with E-state index in [4.69, 9.17) is 12.1 Å². The lowest BCUT2D eigenvalue weighted by molar-refractivity contribution is -0.0112. The molecule has 1 N–H and O–H groups in total. The van der Waals surface area contributed by atoms with E-state index in [9.17, 15) is 13.9 Å². The minimum atomic E-state index is -1.94. The van der Waals surface area contributed by atoms with Crippen LogP contribution >= 0.6 is 11.3 Å². The number of benzene rings is 2. The van der Waals surface area contributed by atoms with E-state index in [1.54, 1.807) is 6.92 Å². The minimum Gasteiger partial charge on any atom is -0.382 e. The lowest BCUT2D eigenvalue weighted by Gasteiger charge is -2.33. The van der Waals surface area contributed by atoms with E-state index in [0.717, 1.165) is 23.5 Å². The topological polar surface area (TPSA) is 68.2 Å². The highest BCUT2D eigenvalue weighted by molar-refractivity contribution is 7.10. The van der Waals surface area contributed by atoms with Gasteiger partial charge in [-0.1, -0.05) is 37.2 Å². The second kappa shape index (κ2) is 8.34. The van der Waals surface area contributed by atoms with Gasteiger partial charge in [-0.2, -0.15) is 5.10 Å². The third kappa shape index (κ3) is 4.08. The average molecular weight is 441 g/mol. The lowest BCUT2D eigenvalue weighted by Crippen LogP contribution is -2.38. The van der Waals surface area contributed by atoms with Crippen LogP contribution in [0.3, 0.4) is 0 Å². The molecule has 0 saturated carbocycles. The summed E-state index contributed by atoms with van der Waals surface area (Å²) < 4.78 is 62.2. The van der Waals surface area contributed by atoms with Gasteiger partial charge in [0.05, 0.1) is 26.6 Å². The summed E-state index contributed by atoms with van der Waals surface area (Å²) in [6.07, 6.45) is 2.60. The summed E-state index contributed by atoms with van der Waals surface area (Å²) in [6, 6.07) is 1.08. The monoisotopic (exact) mass is 441 g/mol. The SMILES string of the molecule is [2H]c1c([2H])c(-c2csc([C@H](C)[C@](O)(Cn3cncn3)c3ccc(F)cc3F)n2)c([2H])c([2H])c1[N+]#[C-].